The number of hydrogen-bond acceptors (Lipinski definition) is 4. The van der Waals surface area contributed by atoms with Gasteiger partial charge in [0.15, 0.2) is 0 Å². The maximum atomic E-state index is 12.5. The average molecular weight is 302 g/mol. The van der Waals surface area contributed by atoms with Gasteiger partial charge in [0.05, 0.1) is 5.56 Å². The number of amides is 2. The van der Waals surface area contributed by atoms with Crippen molar-refractivity contribution in [2.45, 2.75) is 12.7 Å². The minimum atomic E-state index is -4.40. The van der Waals surface area contributed by atoms with Crippen LogP contribution < -0.4 is 10.6 Å². The van der Waals surface area contributed by atoms with Crippen LogP contribution >= 0.6 is 11.3 Å². The number of benzene rings is 1. The Morgan fingerprint density at radius 3 is 2.80 bits per heavy atom. The molecular formula is C11H9F3N4OS. The molecule has 5 nitrogen and oxygen atoms in total. The van der Waals surface area contributed by atoms with E-state index in [0.717, 1.165) is 23.5 Å². The third-order valence-electron chi connectivity index (χ3n) is 2.29. The van der Waals surface area contributed by atoms with E-state index in [-0.39, 0.29) is 6.54 Å². The molecule has 0 radical (unpaired) electrons. The number of urea groups is 1. The summed E-state index contributed by atoms with van der Waals surface area (Å²) in [4.78, 5) is 11.5. The number of rotatable bonds is 3. The van der Waals surface area contributed by atoms with Crippen LogP contribution in [0.2, 0.25) is 0 Å². The van der Waals surface area contributed by atoms with E-state index < -0.39 is 17.8 Å². The fraction of sp³-hybridized carbons (Fsp3) is 0.182. The van der Waals surface area contributed by atoms with Gasteiger partial charge in [0.2, 0.25) is 5.13 Å². The molecule has 0 aliphatic heterocycles. The molecule has 0 atom stereocenters. The smallest absolute Gasteiger partial charge is 0.334 e. The Balaban J connectivity index is 1.92. The Morgan fingerprint density at radius 1 is 1.35 bits per heavy atom. The second kappa shape index (κ2) is 5.87. The van der Waals surface area contributed by atoms with Crippen LogP contribution in [-0.4, -0.2) is 16.2 Å². The molecule has 0 aliphatic carbocycles. The van der Waals surface area contributed by atoms with Gasteiger partial charge in [0.25, 0.3) is 0 Å². The molecule has 2 N–H and O–H groups in total. The van der Waals surface area contributed by atoms with Gasteiger partial charge in [-0.3, -0.25) is 5.32 Å². The molecule has 0 unspecified atom stereocenters. The quantitative estimate of drug-likeness (QED) is 0.916. The summed E-state index contributed by atoms with van der Waals surface area (Å²) in [6.07, 6.45) is -4.40. The van der Waals surface area contributed by atoms with Gasteiger partial charge in [0, 0.05) is 6.54 Å². The summed E-state index contributed by atoms with van der Waals surface area (Å²) in [7, 11) is 0. The molecule has 1 heterocycles. The van der Waals surface area contributed by atoms with Crippen LogP contribution in [0.1, 0.15) is 11.1 Å². The van der Waals surface area contributed by atoms with Gasteiger partial charge in [-0.2, -0.15) is 13.2 Å². The number of carbonyl (C=O) groups excluding carboxylic acids is 1. The highest BCUT2D eigenvalue weighted by molar-refractivity contribution is 7.13. The zero-order chi connectivity index (χ0) is 14.6. The third-order valence-corrected chi connectivity index (χ3v) is 2.89. The van der Waals surface area contributed by atoms with Crippen molar-refractivity contribution in [1.82, 2.24) is 15.5 Å². The standard InChI is InChI=1S/C11H9F3N4OS/c12-11(13,14)8-3-1-2-7(4-8)5-15-9(19)17-10-18-16-6-20-10/h1-4,6H,5H2,(H2,15,17,18,19). The number of hydrogen-bond donors (Lipinski definition) is 2. The Labute approximate surface area is 115 Å². The van der Waals surface area contributed by atoms with E-state index in [9.17, 15) is 18.0 Å². The zero-order valence-corrected chi connectivity index (χ0v) is 10.8. The predicted octanol–water partition coefficient (Wildman–Crippen LogP) is 2.88. The summed E-state index contributed by atoms with van der Waals surface area (Å²) >= 11 is 1.14. The van der Waals surface area contributed by atoms with Crippen LogP contribution in [0.15, 0.2) is 29.8 Å². The highest BCUT2D eigenvalue weighted by Gasteiger charge is 2.30. The molecule has 0 bridgehead atoms. The molecule has 2 amide bonds. The number of alkyl halides is 3. The fourth-order valence-corrected chi connectivity index (χ4v) is 1.85. The summed E-state index contributed by atoms with van der Waals surface area (Å²) in [5.74, 6) is 0. The molecular weight excluding hydrogens is 293 g/mol. The van der Waals surface area contributed by atoms with Gasteiger partial charge in [-0.05, 0) is 17.7 Å². The third kappa shape index (κ3) is 3.92. The van der Waals surface area contributed by atoms with Crippen molar-refractivity contribution in [3.05, 3.63) is 40.9 Å². The van der Waals surface area contributed by atoms with Crippen molar-refractivity contribution >= 4 is 22.5 Å². The second-order valence-electron chi connectivity index (χ2n) is 3.75. The lowest BCUT2D eigenvalue weighted by Crippen LogP contribution is -2.28. The summed E-state index contributed by atoms with van der Waals surface area (Å²) in [6, 6.07) is 4.21. The van der Waals surface area contributed by atoms with Crippen molar-refractivity contribution in [3.8, 4) is 0 Å². The van der Waals surface area contributed by atoms with Crippen molar-refractivity contribution in [2.75, 3.05) is 5.32 Å². The SMILES string of the molecule is O=C(NCc1cccc(C(F)(F)F)c1)Nc1nncs1. The van der Waals surface area contributed by atoms with Crippen molar-refractivity contribution < 1.29 is 18.0 Å². The average Bonchev–Trinajstić information content (AvgIpc) is 2.88. The fourth-order valence-electron chi connectivity index (χ4n) is 1.41. The van der Waals surface area contributed by atoms with Crippen molar-refractivity contribution in [2.24, 2.45) is 0 Å². The first kappa shape index (κ1) is 14.3. The molecule has 0 aliphatic rings. The van der Waals surface area contributed by atoms with Crippen LogP contribution in [0.5, 0.6) is 0 Å². The second-order valence-corrected chi connectivity index (χ2v) is 4.58. The van der Waals surface area contributed by atoms with Crippen LogP contribution in [0.3, 0.4) is 0 Å². The maximum Gasteiger partial charge on any atom is 0.416 e. The molecule has 106 valence electrons. The lowest BCUT2D eigenvalue weighted by atomic mass is 10.1. The molecule has 0 fully saturated rings. The molecule has 1 aromatic heterocycles. The van der Waals surface area contributed by atoms with Crippen LogP contribution in [0, 0.1) is 0 Å². The number of nitrogens with zero attached hydrogens (tertiary/aromatic N) is 2. The summed E-state index contributed by atoms with van der Waals surface area (Å²) in [5, 5.41) is 12.3. The Kier molecular flexibility index (Phi) is 4.18. The minimum absolute atomic E-state index is 0.0193. The van der Waals surface area contributed by atoms with Gasteiger partial charge >= 0.3 is 12.2 Å². The first-order chi connectivity index (χ1) is 9.45. The zero-order valence-electron chi connectivity index (χ0n) is 9.94. The minimum Gasteiger partial charge on any atom is -0.334 e. The number of halogens is 3. The predicted molar refractivity (Wildman–Crippen MR) is 67.2 cm³/mol. The first-order valence-corrected chi connectivity index (χ1v) is 6.30. The lowest BCUT2D eigenvalue weighted by molar-refractivity contribution is -0.137. The Hall–Kier alpha value is -2.16. The van der Waals surface area contributed by atoms with E-state index in [1.165, 1.54) is 17.6 Å². The van der Waals surface area contributed by atoms with Crippen LogP contribution in [-0.2, 0) is 12.7 Å². The van der Waals surface area contributed by atoms with E-state index in [1.807, 2.05) is 0 Å². The molecule has 2 rings (SSSR count). The molecule has 1 aromatic carbocycles. The van der Waals surface area contributed by atoms with E-state index in [4.69, 9.17) is 0 Å². The van der Waals surface area contributed by atoms with E-state index in [1.54, 1.807) is 0 Å². The number of carbonyl (C=O) groups is 1. The number of nitrogens with one attached hydrogen (secondary N) is 2. The lowest BCUT2D eigenvalue weighted by Gasteiger charge is -2.09. The number of anilines is 1. The normalized spacial score (nSPS) is 11.2. The van der Waals surface area contributed by atoms with Gasteiger partial charge < -0.3 is 5.32 Å². The van der Waals surface area contributed by atoms with Crippen molar-refractivity contribution in [3.63, 3.8) is 0 Å². The maximum absolute atomic E-state index is 12.5. The van der Waals surface area contributed by atoms with E-state index in [2.05, 4.69) is 20.8 Å². The molecule has 0 saturated heterocycles. The Morgan fingerprint density at radius 2 is 2.15 bits per heavy atom. The summed E-state index contributed by atoms with van der Waals surface area (Å²) in [6.45, 7) is -0.0193. The molecule has 20 heavy (non-hydrogen) atoms. The molecule has 9 heteroatoms. The van der Waals surface area contributed by atoms with Gasteiger partial charge in [-0.25, -0.2) is 4.79 Å². The van der Waals surface area contributed by atoms with Gasteiger partial charge in [-0.1, -0.05) is 23.5 Å². The number of aromatic nitrogens is 2. The highest BCUT2D eigenvalue weighted by atomic mass is 32.1. The summed E-state index contributed by atoms with van der Waals surface area (Å²) < 4.78 is 37.5. The Bertz CT molecular complexity index is 586. The van der Waals surface area contributed by atoms with E-state index in [0.29, 0.717) is 10.7 Å². The van der Waals surface area contributed by atoms with Crippen LogP contribution in [0.25, 0.3) is 0 Å². The highest BCUT2D eigenvalue weighted by Crippen LogP contribution is 2.29. The van der Waals surface area contributed by atoms with Crippen molar-refractivity contribution in [1.29, 1.82) is 0 Å². The van der Waals surface area contributed by atoms with Gasteiger partial charge in [0.1, 0.15) is 5.51 Å². The largest absolute Gasteiger partial charge is 0.416 e. The van der Waals surface area contributed by atoms with Crippen LogP contribution in [0.4, 0.5) is 23.1 Å². The molecule has 0 spiro atoms. The first-order valence-electron chi connectivity index (χ1n) is 5.42. The van der Waals surface area contributed by atoms with Gasteiger partial charge in [-0.15, -0.1) is 10.2 Å². The molecule has 2 aromatic rings. The monoisotopic (exact) mass is 302 g/mol. The molecule has 0 saturated carbocycles. The van der Waals surface area contributed by atoms with E-state index >= 15 is 0 Å². The topological polar surface area (TPSA) is 66.9 Å². The summed E-state index contributed by atoms with van der Waals surface area (Å²) in [5.41, 5.74) is 1.05.